The standard InChI is InChI=1S/C45H29N3/c1-2-12-30(13-3-1)34-15-6-9-19-40(34)47-41-20-10-7-17-36(41)38-28-32(22-24-43(38)47)33-23-25-44-39(29-33)37-18-8-11-21-42(37)48(44)45-35-16-5-4-14-31(35)26-27-46-45/h1-29H. The van der Waals surface area contributed by atoms with E-state index in [1.807, 2.05) is 6.20 Å². The van der Waals surface area contributed by atoms with Gasteiger partial charge < -0.3 is 4.57 Å². The van der Waals surface area contributed by atoms with Crippen LogP contribution in [0.3, 0.4) is 0 Å². The Bertz CT molecular complexity index is 2830. The van der Waals surface area contributed by atoms with Crippen molar-refractivity contribution < 1.29 is 0 Å². The van der Waals surface area contributed by atoms with Crippen molar-refractivity contribution in [1.82, 2.24) is 14.1 Å². The summed E-state index contributed by atoms with van der Waals surface area (Å²) in [5, 5.41) is 7.26. The van der Waals surface area contributed by atoms with Crippen molar-refractivity contribution in [2.45, 2.75) is 0 Å². The topological polar surface area (TPSA) is 22.8 Å². The minimum absolute atomic E-state index is 0.956. The fourth-order valence-electron chi connectivity index (χ4n) is 7.60. The Balaban J connectivity index is 1.18. The largest absolute Gasteiger partial charge is 0.309 e. The Morgan fingerprint density at radius 3 is 1.62 bits per heavy atom. The molecule has 0 radical (unpaired) electrons. The Hall–Kier alpha value is -6.45. The van der Waals surface area contributed by atoms with Gasteiger partial charge in [-0.15, -0.1) is 0 Å². The van der Waals surface area contributed by atoms with E-state index in [9.17, 15) is 0 Å². The number of pyridine rings is 1. The quantitative estimate of drug-likeness (QED) is 0.194. The number of nitrogens with zero attached hydrogens (tertiary/aromatic N) is 3. The van der Waals surface area contributed by atoms with E-state index in [1.165, 1.54) is 65.9 Å². The summed E-state index contributed by atoms with van der Waals surface area (Å²) in [6.45, 7) is 0. The highest BCUT2D eigenvalue weighted by Crippen LogP contribution is 2.40. The summed E-state index contributed by atoms with van der Waals surface area (Å²) in [4.78, 5) is 4.91. The van der Waals surface area contributed by atoms with E-state index in [-0.39, 0.29) is 0 Å². The molecule has 0 atom stereocenters. The maximum absolute atomic E-state index is 4.91. The number of aromatic nitrogens is 3. The fraction of sp³-hybridized carbons (Fsp3) is 0. The van der Waals surface area contributed by atoms with Crippen LogP contribution in [0.4, 0.5) is 0 Å². The molecule has 0 aliphatic heterocycles. The average molecular weight is 612 g/mol. The van der Waals surface area contributed by atoms with Gasteiger partial charge in [-0.1, -0.05) is 121 Å². The molecule has 0 bridgehead atoms. The fourth-order valence-corrected chi connectivity index (χ4v) is 7.60. The maximum Gasteiger partial charge on any atom is 0.145 e. The monoisotopic (exact) mass is 611 g/mol. The molecular formula is C45H29N3. The second kappa shape index (κ2) is 10.5. The van der Waals surface area contributed by atoms with Gasteiger partial charge in [-0.05, 0) is 70.6 Å². The van der Waals surface area contributed by atoms with Crippen LogP contribution in [0, 0.1) is 0 Å². The molecule has 3 heterocycles. The van der Waals surface area contributed by atoms with E-state index in [2.05, 4.69) is 179 Å². The SMILES string of the molecule is c1ccc(-c2ccccc2-n2c3ccccc3c3cc(-c4ccc5c(c4)c4ccccc4n5-c4nccc5ccccc45)ccc32)cc1. The first-order chi connectivity index (χ1) is 23.8. The van der Waals surface area contributed by atoms with Crippen molar-refractivity contribution in [1.29, 1.82) is 0 Å². The van der Waals surface area contributed by atoms with Crippen LogP contribution in [0.15, 0.2) is 176 Å². The third kappa shape index (κ3) is 3.98. The van der Waals surface area contributed by atoms with Gasteiger partial charge in [0.2, 0.25) is 0 Å². The Labute approximate surface area is 277 Å². The summed E-state index contributed by atoms with van der Waals surface area (Å²) in [6.07, 6.45) is 1.91. The first-order valence-corrected chi connectivity index (χ1v) is 16.4. The predicted octanol–water partition coefficient (Wildman–Crippen LogP) is 11.8. The molecule has 0 saturated carbocycles. The van der Waals surface area contributed by atoms with Gasteiger partial charge in [0.1, 0.15) is 5.82 Å². The summed E-state index contributed by atoms with van der Waals surface area (Å²) in [7, 11) is 0. The Morgan fingerprint density at radius 2 is 0.896 bits per heavy atom. The average Bonchev–Trinajstić information content (AvgIpc) is 3.67. The van der Waals surface area contributed by atoms with Crippen LogP contribution < -0.4 is 0 Å². The maximum atomic E-state index is 4.91. The number of rotatable bonds is 4. The molecule has 10 rings (SSSR count). The van der Waals surface area contributed by atoms with Crippen molar-refractivity contribution in [3.8, 4) is 33.8 Å². The van der Waals surface area contributed by atoms with Gasteiger partial charge in [-0.25, -0.2) is 4.98 Å². The van der Waals surface area contributed by atoms with Crippen LogP contribution in [0.25, 0.3) is 88.1 Å². The highest BCUT2D eigenvalue weighted by molar-refractivity contribution is 6.13. The third-order valence-electron chi connectivity index (χ3n) is 9.77. The molecule has 0 unspecified atom stereocenters. The van der Waals surface area contributed by atoms with E-state index in [0.29, 0.717) is 0 Å². The lowest BCUT2D eigenvalue weighted by atomic mass is 10.0. The van der Waals surface area contributed by atoms with Gasteiger partial charge in [-0.2, -0.15) is 0 Å². The number of hydrogen-bond acceptors (Lipinski definition) is 1. The smallest absolute Gasteiger partial charge is 0.145 e. The van der Waals surface area contributed by atoms with Gasteiger partial charge in [-0.3, -0.25) is 4.57 Å². The molecule has 0 aliphatic carbocycles. The molecule has 3 heteroatoms. The zero-order valence-corrected chi connectivity index (χ0v) is 26.1. The molecule has 0 aliphatic rings. The van der Waals surface area contributed by atoms with Gasteiger partial charge in [0, 0.05) is 38.7 Å². The molecule has 10 aromatic rings. The molecule has 0 spiro atoms. The van der Waals surface area contributed by atoms with Crippen molar-refractivity contribution in [3.05, 3.63) is 176 Å². The van der Waals surface area contributed by atoms with E-state index >= 15 is 0 Å². The van der Waals surface area contributed by atoms with E-state index in [1.54, 1.807) is 0 Å². The minimum Gasteiger partial charge on any atom is -0.309 e. The molecule has 0 N–H and O–H groups in total. The van der Waals surface area contributed by atoms with Crippen LogP contribution >= 0.6 is 0 Å². The molecule has 7 aromatic carbocycles. The van der Waals surface area contributed by atoms with Crippen LogP contribution in [0.2, 0.25) is 0 Å². The van der Waals surface area contributed by atoms with Crippen molar-refractivity contribution in [3.63, 3.8) is 0 Å². The van der Waals surface area contributed by atoms with Crippen LogP contribution in [-0.2, 0) is 0 Å². The van der Waals surface area contributed by atoms with Crippen LogP contribution in [-0.4, -0.2) is 14.1 Å². The zero-order chi connectivity index (χ0) is 31.6. The Kier molecular flexibility index (Phi) is 5.87. The summed E-state index contributed by atoms with van der Waals surface area (Å²) in [6, 6.07) is 61.2. The van der Waals surface area contributed by atoms with Gasteiger partial charge in [0.05, 0.1) is 27.8 Å². The second-order valence-electron chi connectivity index (χ2n) is 12.4. The van der Waals surface area contributed by atoms with Gasteiger partial charge >= 0.3 is 0 Å². The van der Waals surface area contributed by atoms with Crippen molar-refractivity contribution >= 4 is 54.4 Å². The number of para-hydroxylation sites is 3. The lowest BCUT2D eigenvalue weighted by molar-refractivity contribution is 1.10. The summed E-state index contributed by atoms with van der Waals surface area (Å²) in [5.41, 5.74) is 10.7. The molecule has 0 fully saturated rings. The summed E-state index contributed by atoms with van der Waals surface area (Å²) >= 11 is 0. The number of benzene rings is 7. The van der Waals surface area contributed by atoms with E-state index in [4.69, 9.17) is 4.98 Å². The first kappa shape index (κ1) is 26.7. The van der Waals surface area contributed by atoms with Gasteiger partial charge in [0.25, 0.3) is 0 Å². The normalized spacial score (nSPS) is 11.8. The lowest BCUT2D eigenvalue weighted by Crippen LogP contribution is -1.98. The third-order valence-corrected chi connectivity index (χ3v) is 9.77. The molecule has 3 aromatic heterocycles. The molecule has 224 valence electrons. The molecule has 0 amide bonds. The minimum atomic E-state index is 0.956. The molecule has 48 heavy (non-hydrogen) atoms. The molecule has 0 saturated heterocycles. The number of fused-ring (bicyclic) bond motifs is 7. The van der Waals surface area contributed by atoms with Crippen LogP contribution in [0.5, 0.6) is 0 Å². The molecular weight excluding hydrogens is 583 g/mol. The van der Waals surface area contributed by atoms with E-state index in [0.717, 1.165) is 22.2 Å². The highest BCUT2D eigenvalue weighted by Gasteiger charge is 2.18. The van der Waals surface area contributed by atoms with E-state index < -0.39 is 0 Å². The van der Waals surface area contributed by atoms with Crippen molar-refractivity contribution in [2.24, 2.45) is 0 Å². The molecule has 3 nitrogen and oxygen atoms in total. The number of hydrogen-bond donors (Lipinski definition) is 0. The van der Waals surface area contributed by atoms with Crippen molar-refractivity contribution in [2.75, 3.05) is 0 Å². The Morgan fingerprint density at radius 1 is 0.354 bits per heavy atom. The van der Waals surface area contributed by atoms with Crippen LogP contribution in [0.1, 0.15) is 0 Å². The summed E-state index contributed by atoms with van der Waals surface area (Å²) < 4.78 is 4.74. The predicted molar refractivity (Wildman–Crippen MR) is 201 cm³/mol. The van der Waals surface area contributed by atoms with Gasteiger partial charge in [0.15, 0.2) is 0 Å². The zero-order valence-electron chi connectivity index (χ0n) is 26.1. The second-order valence-corrected chi connectivity index (χ2v) is 12.4. The highest BCUT2D eigenvalue weighted by atomic mass is 15.1. The first-order valence-electron chi connectivity index (χ1n) is 16.4. The summed E-state index contributed by atoms with van der Waals surface area (Å²) in [5.74, 6) is 0.956. The lowest BCUT2D eigenvalue weighted by Gasteiger charge is -2.14.